The molecule has 7 nitrogen and oxygen atoms in total. The van der Waals surface area contributed by atoms with Crippen molar-refractivity contribution in [1.29, 1.82) is 0 Å². The van der Waals surface area contributed by atoms with Gasteiger partial charge in [0.15, 0.2) is 0 Å². The molecule has 0 saturated carbocycles. The van der Waals surface area contributed by atoms with E-state index in [1.165, 1.54) is 17.7 Å². The summed E-state index contributed by atoms with van der Waals surface area (Å²) in [5.74, 6) is 5.03. The molecular formula is C22H31N3O4. The quantitative estimate of drug-likeness (QED) is 0.336. The second kappa shape index (κ2) is 12.5. The standard InChI is InChI=1S/C20H25N3O4.C2H6/c1-14(2)15-8-10-16(11-9-15)19(26-3)22-23(13-24)18-7-5-4-6-17(12-18)20(25)27-21;1-2/h6,8-14H,4-5,7,21H2,1-3H3;1-2H3/b22-19-;. The maximum atomic E-state index is 11.7. The SMILES string of the molecule is CC.CO/C(=N\N(C=O)C1=CC(C(=O)ON)=CCCC1)c1ccc(C(C)C)cc1. The van der Waals surface area contributed by atoms with E-state index in [2.05, 4.69) is 23.8 Å². The molecule has 29 heavy (non-hydrogen) atoms. The van der Waals surface area contributed by atoms with Crippen molar-refractivity contribution >= 4 is 18.3 Å². The Hall–Kier alpha value is -2.93. The van der Waals surface area contributed by atoms with Crippen LogP contribution in [-0.4, -0.2) is 30.4 Å². The fraction of sp³-hybridized carbons (Fsp3) is 0.409. The van der Waals surface area contributed by atoms with Crippen molar-refractivity contribution in [3.63, 3.8) is 0 Å². The van der Waals surface area contributed by atoms with Gasteiger partial charge in [-0.3, -0.25) is 4.79 Å². The van der Waals surface area contributed by atoms with Crippen LogP contribution < -0.4 is 5.90 Å². The van der Waals surface area contributed by atoms with E-state index in [9.17, 15) is 9.59 Å². The molecule has 1 aliphatic carbocycles. The van der Waals surface area contributed by atoms with Gasteiger partial charge >= 0.3 is 5.97 Å². The van der Waals surface area contributed by atoms with E-state index < -0.39 is 5.97 Å². The molecule has 0 aromatic heterocycles. The Balaban J connectivity index is 0.00000204. The molecule has 1 aliphatic rings. The van der Waals surface area contributed by atoms with Gasteiger partial charge in [0.25, 0.3) is 0 Å². The fourth-order valence-electron chi connectivity index (χ4n) is 2.72. The minimum atomic E-state index is -0.652. The van der Waals surface area contributed by atoms with Gasteiger partial charge in [-0.1, -0.05) is 45.9 Å². The lowest BCUT2D eigenvalue weighted by Gasteiger charge is -2.17. The topological polar surface area (TPSA) is 94.2 Å². The number of carbonyl (C=O) groups excluding carboxylic acids is 2. The zero-order valence-electron chi connectivity index (χ0n) is 17.8. The van der Waals surface area contributed by atoms with Gasteiger partial charge in [0.1, 0.15) is 0 Å². The molecule has 0 unspecified atom stereocenters. The number of benzene rings is 1. The Morgan fingerprint density at radius 3 is 2.41 bits per heavy atom. The second-order valence-electron chi connectivity index (χ2n) is 6.43. The molecule has 0 saturated heterocycles. The lowest BCUT2D eigenvalue weighted by atomic mass is 10.0. The van der Waals surface area contributed by atoms with Crippen molar-refractivity contribution in [3.05, 3.63) is 58.8 Å². The maximum Gasteiger partial charge on any atom is 0.356 e. The van der Waals surface area contributed by atoms with Crippen molar-refractivity contribution < 1.29 is 19.2 Å². The van der Waals surface area contributed by atoms with E-state index in [1.807, 2.05) is 38.1 Å². The van der Waals surface area contributed by atoms with E-state index in [1.54, 1.807) is 12.2 Å². The molecular weight excluding hydrogens is 370 g/mol. The Kier molecular flexibility index (Phi) is 10.4. The Morgan fingerprint density at radius 2 is 1.90 bits per heavy atom. The van der Waals surface area contributed by atoms with Gasteiger partial charge in [-0.05, 0) is 49.0 Å². The van der Waals surface area contributed by atoms with Gasteiger partial charge in [-0.15, -0.1) is 5.10 Å². The molecule has 0 fully saturated rings. The van der Waals surface area contributed by atoms with E-state index in [-0.39, 0.29) is 0 Å². The first-order valence-corrected chi connectivity index (χ1v) is 9.79. The average molecular weight is 402 g/mol. The van der Waals surface area contributed by atoms with Crippen molar-refractivity contribution in [2.75, 3.05) is 7.11 Å². The maximum absolute atomic E-state index is 11.7. The summed E-state index contributed by atoms with van der Waals surface area (Å²) in [7, 11) is 1.50. The van der Waals surface area contributed by atoms with Crippen molar-refractivity contribution in [2.45, 2.75) is 52.9 Å². The Labute approximate surface area is 172 Å². The molecule has 1 aromatic carbocycles. The first kappa shape index (κ1) is 24.1. The van der Waals surface area contributed by atoms with Gasteiger partial charge < -0.3 is 9.57 Å². The van der Waals surface area contributed by atoms with E-state index in [0.717, 1.165) is 12.0 Å². The summed E-state index contributed by atoms with van der Waals surface area (Å²) in [6.45, 7) is 8.23. The van der Waals surface area contributed by atoms with Crippen molar-refractivity contribution in [1.82, 2.24) is 5.01 Å². The molecule has 2 rings (SSSR count). The first-order valence-electron chi connectivity index (χ1n) is 9.79. The van der Waals surface area contributed by atoms with E-state index in [0.29, 0.717) is 42.3 Å². The summed E-state index contributed by atoms with van der Waals surface area (Å²) < 4.78 is 5.38. The number of nitrogens with zero attached hydrogens (tertiary/aromatic N) is 2. The van der Waals surface area contributed by atoms with Crippen molar-refractivity contribution in [2.24, 2.45) is 11.0 Å². The van der Waals surface area contributed by atoms with Gasteiger partial charge in [-0.2, -0.15) is 5.90 Å². The number of nitrogens with two attached hydrogens (primary N) is 1. The van der Waals surface area contributed by atoms with Crippen molar-refractivity contribution in [3.8, 4) is 0 Å². The van der Waals surface area contributed by atoms with Crippen LogP contribution >= 0.6 is 0 Å². The van der Waals surface area contributed by atoms with Gasteiger partial charge in [-0.25, -0.2) is 9.80 Å². The summed E-state index contributed by atoms with van der Waals surface area (Å²) >= 11 is 0. The fourth-order valence-corrected chi connectivity index (χ4v) is 2.72. The van der Waals surface area contributed by atoms with Gasteiger partial charge in [0.05, 0.1) is 12.7 Å². The number of carbonyl (C=O) groups is 2. The number of methoxy groups -OCH3 is 1. The van der Waals surface area contributed by atoms with Crippen LogP contribution in [-0.2, 0) is 19.2 Å². The van der Waals surface area contributed by atoms with E-state index >= 15 is 0 Å². The Bertz CT molecular complexity index is 765. The molecule has 1 amide bonds. The van der Waals surface area contributed by atoms with Crippen LogP contribution in [0.25, 0.3) is 0 Å². The summed E-state index contributed by atoms with van der Waals surface area (Å²) in [4.78, 5) is 27.7. The molecule has 0 atom stereocenters. The second-order valence-corrected chi connectivity index (χ2v) is 6.43. The van der Waals surface area contributed by atoms with Crippen LogP contribution in [0.15, 0.2) is 52.8 Å². The van der Waals surface area contributed by atoms with Crippen LogP contribution in [0.1, 0.15) is 64.0 Å². The highest BCUT2D eigenvalue weighted by atomic mass is 16.7. The minimum Gasteiger partial charge on any atom is -0.480 e. The van der Waals surface area contributed by atoms with Crippen LogP contribution in [0.4, 0.5) is 0 Å². The molecule has 1 aromatic rings. The predicted octanol–water partition coefficient (Wildman–Crippen LogP) is 4.01. The number of amides is 1. The van der Waals surface area contributed by atoms with Gasteiger partial charge in [0.2, 0.25) is 12.3 Å². The number of hydrogen-bond donors (Lipinski definition) is 1. The number of hydrazone groups is 1. The summed E-state index contributed by atoms with van der Waals surface area (Å²) in [5.41, 5.74) is 2.81. The van der Waals surface area contributed by atoms with Crippen LogP contribution in [0, 0.1) is 0 Å². The highest BCUT2D eigenvalue weighted by molar-refractivity contribution is 5.94. The molecule has 7 heteroatoms. The molecule has 158 valence electrons. The van der Waals surface area contributed by atoms with Crippen LogP contribution in [0.2, 0.25) is 0 Å². The molecule has 0 heterocycles. The highest BCUT2D eigenvalue weighted by Gasteiger charge is 2.17. The zero-order chi connectivity index (χ0) is 21.8. The summed E-state index contributed by atoms with van der Waals surface area (Å²) in [6, 6.07) is 7.81. The van der Waals surface area contributed by atoms with Crippen LogP contribution in [0.3, 0.4) is 0 Å². The first-order chi connectivity index (χ1) is 14.0. The summed E-state index contributed by atoms with van der Waals surface area (Å²) in [5, 5.41) is 5.50. The zero-order valence-corrected chi connectivity index (χ0v) is 17.8. The van der Waals surface area contributed by atoms with Gasteiger partial charge in [0, 0.05) is 11.3 Å². The normalized spacial score (nSPS) is 14.0. The smallest absolute Gasteiger partial charge is 0.356 e. The highest BCUT2D eigenvalue weighted by Crippen LogP contribution is 2.22. The number of rotatable bonds is 6. The third-order valence-electron chi connectivity index (χ3n) is 4.28. The number of allylic oxidation sites excluding steroid dienone is 2. The number of hydrogen-bond acceptors (Lipinski definition) is 6. The largest absolute Gasteiger partial charge is 0.480 e. The summed E-state index contributed by atoms with van der Waals surface area (Å²) in [6.07, 6.45) is 5.90. The molecule has 2 N–H and O–H groups in total. The molecule has 0 bridgehead atoms. The minimum absolute atomic E-state index is 0.298. The third kappa shape index (κ3) is 6.87. The molecule has 0 spiro atoms. The lowest BCUT2D eigenvalue weighted by molar-refractivity contribution is -0.139. The monoisotopic (exact) mass is 401 g/mol. The third-order valence-corrected chi connectivity index (χ3v) is 4.28. The van der Waals surface area contributed by atoms with Crippen LogP contribution in [0.5, 0.6) is 0 Å². The average Bonchev–Trinajstić information content (AvgIpc) is 3.02. The molecule has 0 aliphatic heterocycles. The van der Waals surface area contributed by atoms with E-state index in [4.69, 9.17) is 10.6 Å². The lowest BCUT2D eigenvalue weighted by Crippen LogP contribution is -2.20. The Morgan fingerprint density at radius 1 is 1.24 bits per heavy atom. The molecule has 0 radical (unpaired) electrons. The number of ether oxygens (including phenoxy) is 1. The predicted molar refractivity (Wildman–Crippen MR) is 114 cm³/mol.